The first-order valence-electron chi connectivity index (χ1n) is 7.28. The molecule has 1 saturated heterocycles. The van der Waals surface area contributed by atoms with E-state index in [1.54, 1.807) is 19.1 Å². The third-order valence-corrected chi connectivity index (χ3v) is 4.78. The van der Waals surface area contributed by atoms with Gasteiger partial charge in [-0.2, -0.15) is 0 Å². The molecular formula is C15H19N3O3. The fraction of sp³-hybridized carbons (Fsp3) is 0.533. The SMILES string of the molecule is Cc1ccc(NC(=O)C2CC23CCNCC3)cc1[N+](=O)[O-]. The minimum absolute atomic E-state index is 0.00458. The van der Waals surface area contributed by atoms with Crippen LogP contribution in [0.25, 0.3) is 0 Å². The maximum Gasteiger partial charge on any atom is 0.274 e. The molecule has 2 aliphatic rings. The Morgan fingerprint density at radius 3 is 2.81 bits per heavy atom. The van der Waals surface area contributed by atoms with Gasteiger partial charge in [-0.3, -0.25) is 14.9 Å². The van der Waals surface area contributed by atoms with Crippen LogP contribution >= 0.6 is 0 Å². The van der Waals surface area contributed by atoms with Gasteiger partial charge in [0.15, 0.2) is 0 Å². The molecule has 112 valence electrons. The Labute approximate surface area is 123 Å². The van der Waals surface area contributed by atoms with Crippen molar-refractivity contribution < 1.29 is 9.72 Å². The number of rotatable bonds is 3. The maximum absolute atomic E-state index is 12.3. The van der Waals surface area contributed by atoms with Crippen molar-refractivity contribution >= 4 is 17.3 Å². The van der Waals surface area contributed by atoms with Crippen molar-refractivity contribution in [2.45, 2.75) is 26.2 Å². The van der Waals surface area contributed by atoms with Crippen LogP contribution in [0.5, 0.6) is 0 Å². The molecule has 0 bridgehead atoms. The minimum Gasteiger partial charge on any atom is -0.326 e. The van der Waals surface area contributed by atoms with Gasteiger partial charge in [-0.25, -0.2) is 0 Å². The number of nitro groups is 1. The summed E-state index contributed by atoms with van der Waals surface area (Å²) in [6, 6.07) is 4.82. The van der Waals surface area contributed by atoms with Crippen molar-refractivity contribution in [2.75, 3.05) is 18.4 Å². The van der Waals surface area contributed by atoms with Gasteiger partial charge < -0.3 is 10.6 Å². The smallest absolute Gasteiger partial charge is 0.274 e. The monoisotopic (exact) mass is 289 g/mol. The zero-order valence-electron chi connectivity index (χ0n) is 12.0. The van der Waals surface area contributed by atoms with Crippen LogP contribution < -0.4 is 10.6 Å². The van der Waals surface area contributed by atoms with E-state index in [0.717, 1.165) is 32.4 Å². The van der Waals surface area contributed by atoms with E-state index < -0.39 is 4.92 Å². The van der Waals surface area contributed by atoms with Crippen molar-refractivity contribution in [3.05, 3.63) is 33.9 Å². The highest BCUT2D eigenvalue weighted by Crippen LogP contribution is 2.58. The number of nitro benzene ring substituents is 1. The van der Waals surface area contributed by atoms with Crippen molar-refractivity contribution in [1.29, 1.82) is 0 Å². The van der Waals surface area contributed by atoms with Gasteiger partial charge in [0.1, 0.15) is 0 Å². The number of nitrogens with zero attached hydrogens (tertiary/aromatic N) is 1. The molecular weight excluding hydrogens is 270 g/mol. The van der Waals surface area contributed by atoms with E-state index in [1.807, 2.05) is 0 Å². The summed E-state index contributed by atoms with van der Waals surface area (Å²) < 4.78 is 0. The second kappa shape index (κ2) is 5.11. The third kappa shape index (κ3) is 2.63. The molecule has 1 aromatic rings. The fourth-order valence-corrected chi connectivity index (χ4v) is 3.31. The van der Waals surface area contributed by atoms with Gasteiger partial charge in [0.05, 0.1) is 4.92 Å². The number of anilines is 1. The number of carbonyl (C=O) groups excluding carboxylic acids is 1. The van der Waals surface area contributed by atoms with Crippen molar-refractivity contribution in [3.8, 4) is 0 Å². The Hall–Kier alpha value is -1.95. The van der Waals surface area contributed by atoms with Gasteiger partial charge in [-0.05, 0) is 50.8 Å². The summed E-state index contributed by atoms with van der Waals surface area (Å²) in [6.45, 7) is 3.63. The molecule has 1 aliphatic carbocycles. The highest BCUT2D eigenvalue weighted by atomic mass is 16.6. The van der Waals surface area contributed by atoms with Gasteiger partial charge in [0.25, 0.3) is 5.69 Å². The summed E-state index contributed by atoms with van der Waals surface area (Å²) in [5.41, 5.74) is 1.32. The Morgan fingerprint density at radius 2 is 2.14 bits per heavy atom. The molecule has 6 nitrogen and oxygen atoms in total. The lowest BCUT2D eigenvalue weighted by Gasteiger charge is -2.23. The number of carbonyl (C=O) groups is 1. The average Bonchev–Trinajstić information content (AvgIpc) is 3.15. The van der Waals surface area contributed by atoms with Crippen LogP contribution in [0, 0.1) is 28.4 Å². The summed E-state index contributed by atoms with van der Waals surface area (Å²) in [7, 11) is 0. The van der Waals surface area contributed by atoms with Gasteiger partial charge >= 0.3 is 0 Å². The molecule has 21 heavy (non-hydrogen) atoms. The lowest BCUT2D eigenvalue weighted by molar-refractivity contribution is -0.385. The van der Waals surface area contributed by atoms with E-state index in [2.05, 4.69) is 10.6 Å². The van der Waals surface area contributed by atoms with E-state index in [-0.39, 0.29) is 22.9 Å². The predicted octanol–water partition coefficient (Wildman–Crippen LogP) is 2.23. The maximum atomic E-state index is 12.3. The van der Waals surface area contributed by atoms with Gasteiger partial charge in [-0.15, -0.1) is 0 Å². The van der Waals surface area contributed by atoms with E-state index in [0.29, 0.717) is 11.3 Å². The van der Waals surface area contributed by atoms with Crippen LogP contribution in [0.1, 0.15) is 24.8 Å². The summed E-state index contributed by atoms with van der Waals surface area (Å²) in [5, 5.41) is 17.1. The highest BCUT2D eigenvalue weighted by molar-refractivity contribution is 5.95. The minimum atomic E-state index is -0.420. The molecule has 3 rings (SSSR count). The number of nitrogens with one attached hydrogen (secondary N) is 2. The molecule has 1 saturated carbocycles. The van der Waals surface area contributed by atoms with Crippen LogP contribution in [0.4, 0.5) is 11.4 Å². The lowest BCUT2D eigenvalue weighted by Crippen LogP contribution is -2.31. The topological polar surface area (TPSA) is 84.3 Å². The number of benzene rings is 1. The molecule has 2 N–H and O–H groups in total. The molecule has 1 aliphatic heterocycles. The van der Waals surface area contributed by atoms with Crippen LogP contribution in [-0.2, 0) is 4.79 Å². The number of amides is 1. The Balaban J connectivity index is 1.68. The second-order valence-electron chi connectivity index (χ2n) is 6.12. The first kappa shape index (κ1) is 14.0. The molecule has 0 radical (unpaired) electrons. The summed E-state index contributed by atoms with van der Waals surface area (Å²) >= 11 is 0. The molecule has 6 heteroatoms. The summed E-state index contributed by atoms with van der Waals surface area (Å²) in [6.07, 6.45) is 3.02. The molecule has 2 fully saturated rings. The molecule has 1 aromatic carbocycles. The van der Waals surface area contributed by atoms with Gasteiger partial charge in [0.2, 0.25) is 5.91 Å². The van der Waals surface area contributed by atoms with Crippen molar-refractivity contribution in [2.24, 2.45) is 11.3 Å². The second-order valence-corrected chi connectivity index (χ2v) is 6.12. The van der Waals surface area contributed by atoms with Crippen LogP contribution in [-0.4, -0.2) is 23.9 Å². The van der Waals surface area contributed by atoms with Crippen LogP contribution in [0.3, 0.4) is 0 Å². The first-order chi connectivity index (χ1) is 10.0. The fourth-order valence-electron chi connectivity index (χ4n) is 3.31. The molecule has 1 atom stereocenters. The molecule has 1 unspecified atom stereocenters. The Kier molecular flexibility index (Phi) is 3.41. The first-order valence-corrected chi connectivity index (χ1v) is 7.28. The molecule has 1 spiro atoms. The van der Waals surface area contributed by atoms with Crippen LogP contribution in [0.15, 0.2) is 18.2 Å². The van der Waals surface area contributed by atoms with Gasteiger partial charge in [-0.1, -0.05) is 6.07 Å². The number of piperidine rings is 1. The molecule has 1 amide bonds. The zero-order chi connectivity index (χ0) is 15.0. The Morgan fingerprint density at radius 1 is 1.43 bits per heavy atom. The number of hydrogen-bond acceptors (Lipinski definition) is 4. The largest absolute Gasteiger partial charge is 0.326 e. The lowest BCUT2D eigenvalue weighted by atomic mass is 9.92. The van der Waals surface area contributed by atoms with Crippen LogP contribution in [0.2, 0.25) is 0 Å². The normalized spacial score (nSPS) is 22.8. The van der Waals surface area contributed by atoms with E-state index in [9.17, 15) is 14.9 Å². The molecule has 0 aromatic heterocycles. The van der Waals surface area contributed by atoms with E-state index in [1.165, 1.54) is 6.07 Å². The zero-order valence-corrected chi connectivity index (χ0v) is 12.0. The number of hydrogen-bond donors (Lipinski definition) is 2. The standard InChI is InChI=1S/C15H19N3O3/c1-10-2-3-11(8-13(10)18(20)21)17-14(19)12-9-15(12)4-6-16-7-5-15/h2-3,8,12,16H,4-7,9H2,1H3,(H,17,19). The summed E-state index contributed by atoms with van der Waals surface area (Å²) in [4.78, 5) is 22.8. The van der Waals surface area contributed by atoms with Crippen molar-refractivity contribution in [1.82, 2.24) is 5.32 Å². The van der Waals surface area contributed by atoms with E-state index in [4.69, 9.17) is 0 Å². The van der Waals surface area contributed by atoms with Crippen molar-refractivity contribution in [3.63, 3.8) is 0 Å². The number of aryl methyl sites for hydroxylation is 1. The Bertz CT molecular complexity index is 594. The predicted molar refractivity (Wildman–Crippen MR) is 79.1 cm³/mol. The van der Waals surface area contributed by atoms with E-state index >= 15 is 0 Å². The average molecular weight is 289 g/mol. The highest BCUT2D eigenvalue weighted by Gasteiger charge is 2.57. The summed E-state index contributed by atoms with van der Waals surface area (Å²) in [5.74, 6) is 0.0509. The quantitative estimate of drug-likeness (QED) is 0.660. The van der Waals surface area contributed by atoms with Gasteiger partial charge in [0, 0.05) is 23.2 Å². The third-order valence-electron chi connectivity index (χ3n) is 4.78. The molecule has 1 heterocycles.